The van der Waals surface area contributed by atoms with Gasteiger partial charge in [0.05, 0.1) is 11.7 Å². The topological polar surface area (TPSA) is 90.5 Å². The first-order valence-electron chi connectivity index (χ1n) is 10.3. The zero-order chi connectivity index (χ0) is 19.1. The zero-order valence-corrected chi connectivity index (χ0v) is 16.1. The van der Waals surface area contributed by atoms with E-state index in [0.29, 0.717) is 25.4 Å². The molecule has 4 heterocycles. The van der Waals surface area contributed by atoms with Gasteiger partial charge < -0.3 is 5.32 Å². The van der Waals surface area contributed by atoms with Gasteiger partial charge in [-0.05, 0) is 19.3 Å². The molecule has 8 heteroatoms. The summed E-state index contributed by atoms with van der Waals surface area (Å²) in [4.78, 5) is 31.4. The molecule has 3 aliphatic heterocycles. The number of hydrogen-bond acceptors (Lipinski definition) is 6. The Morgan fingerprint density at radius 2 is 2.07 bits per heavy atom. The van der Waals surface area contributed by atoms with Crippen molar-refractivity contribution in [3.05, 3.63) is 40.6 Å². The van der Waals surface area contributed by atoms with Crippen molar-refractivity contribution in [3.8, 4) is 11.5 Å². The second kappa shape index (κ2) is 7.00. The minimum atomic E-state index is -0.00336. The Balaban J connectivity index is 1.55. The van der Waals surface area contributed by atoms with Crippen molar-refractivity contribution >= 4 is 5.82 Å². The van der Waals surface area contributed by atoms with Gasteiger partial charge in [-0.3, -0.25) is 19.1 Å². The highest BCUT2D eigenvalue weighted by Gasteiger charge is 2.33. The third-order valence-corrected chi connectivity index (χ3v) is 5.85. The molecule has 0 amide bonds. The lowest BCUT2D eigenvalue weighted by molar-refractivity contribution is 0.558. The van der Waals surface area contributed by atoms with Crippen LogP contribution in [0.2, 0.25) is 0 Å². The Morgan fingerprint density at radius 3 is 2.82 bits per heavy atom. The van der Waals surface area contributed by atoms with E-state index in [4.69, 9.17) is 9.97 Å². The molecule has 1 fully saturated rings. The van der Waals surface area contributed by atoms with Gasteiger partial charge in [0.2, 0.25) is 0 Å². The average Bonchev–Trinajstić information content (AvgIpc) is 3.44. The fraction of sp³-hybridized carbons (Fsp3) is 0.550. The van der Waals surface area contributed by atoms with Gasteiger partial charge >= 0.3 is 5.69 Å². The first kappa shape index (κ1) is 17.3. The van der Waals surface area contributed by atoms with Crippen LogP contribution >= 0.6 is 0 Å². The number of rotatable bonds is 5. The minimum absolute atomic E-state index is 0.00336. The van der Waals surface area contributed by atoms with Crippen LogP contribution in [-0.4, -0.2) is 35.1 Å². The summed E-state index contributed by atoms with van der Waals surface area (Å²) in [6.07, 6.45) is 11.5. The quantitative estimate of drug-likeness (QED) is 0.732. The maximum atomic E-state index is 13.2. The fourth-order valence-corrected chi connectivity index (χ4v) is 4.53. The number of imidazole rings is 1. The molecule has 4 aliphatic rings. The lowest BCUT2D eigenvalue weighted by atomic mass is 10.1. The number of fused-ring (bicyclic) bond motifs is 3. The lowest BCUT2D eigenvalue weighted by Gasteiger charge is -2.13. The Labute approximate surface area is 163 Å². The maximum absolute atomic E-state index is 13.2. The van der Waals surface area contributed by atoms with Crippen LogP contribution in [-0.2, 0) is 19.5 Å². The molecule has 1 aromatic rings. The van der Waals surface area contributed by atoms with Crippen LogP contribution in [0.25, 0.3) is 11.5 Å². The molecule has 5 rings (SSSR count). The first-order chi connectivity index (χ1) is 13.7. The molecule has 0 bridgehead atoms. The molecule has 1 aliphatic carbocycles. The molecular formula is C20H25N7O. The van der Waals surface area contributed by atoms with E-state index in [1.165, 1.54) is 12.8 Å². The van der Waals surface area contributed by atoms with Gasteiger partial charge in [-0.25, -0.2) is 14.8 Å². The molecule has 1 unspecified atom stereocenters. The lowest BCUT2D eigenvalue weighted by Crippen LogP contribution is -2.32. The predicted octanol–water partition coefficient (Wildman–Crippen LogP) is 2.44. The van der Waals surface area contributed by atoms with Crippen LogP contribution in [0.4, 0.5) is 5.82 Å². The van der Waals surface area contributed by atoms with Crippen LogP contribution in [0.3, 0.4) is 0 Å². The molecule has 0 aromatic carbocycles. The highest BCUT2D eigenvalue weighted by atomic mass is 16.1. The second-order valence-electron chi connectivity index (χ2n) is 7.87. The molecule has 8 nitrogen and oxygen atoms in total. The molecule has 0 saturated heterocycles. The number of anilines is 1. The van der Waals surface area contributed by atoms with Gasteiger partial charge in [0, 0.05) is 44.0 Å². The summed E-state index contributed by atoms with van der Waals surface area (Å²) in [5.41, 5.74) is 1.74. The van der Waals surface area contributed by atoms with E-state index in [-0.39, 0.29) is 11.7 Å². The van der Waals surface area contributed by atoms with Gasteiger partial charge in [-0.1, -0.05) is 19.8 Å². The second-order valence-corrected chi connectivity index (χ2v) is 7.87. The van der Waals surface area contributed by atoms with Gasteiger partial charge in [0.25, 0.3) is 0 Å². The standard InChI is InChI=1S/C20H25N7O/c1-2-9-26-19-16(24-17(25-19)13-5-3-4-6-13)18-23-15(12-27(18)20(26)28)10-14-11-21-7-8-22-14/h7-8,11,13,15,23H,2-6,9-10,12H2,1H3. The summed E-state index contributed by atoms with van der Waals surface area (Å²) < 4.78 is 3.63. The average molecular weight is 379 g/mol. The van der Waals surface area contributed by atoms with Crippen LogP contribution in [0.5, 0.6) is 0 Å². The first-order valence-corrected chi connectivity index (χ1v) is 10.3. The van der Waals surface area contributed by atoms with Gasteiger partial charge in [-0.2, -0.15) is 0 Å². The fourth-order valence-electron chi connectivity index (χ4n) is 4.53. The molecule has 1 aromatic heterocycles. The summed E-state index contributed by atoms with van der Waals surface area (Å²) in [6, 6.07) is 0.0942. The highest BCUT2D eigenvalue weighted by Crippen LogP contribution is 2.37. The zero-order valence-electron chi connectivity index (χ0n) is 16.1. The van der Waals surface area contributed by atoms with E-state index in [9.17, 15) is 4.79 Å². The number of aromatic nitrogens is 6. The van der Waals surface area contributed by atoms with Crippen molar-refractivity contribution in [1.29, 1.82) is 0 Å². The highest BCUT2D eigenvalue weighted by molar-refractivity contribution is 5.70. The molecular weight excluding hydrogens is 354 g/mol. The Kier molecular flexibility index (Phi) is 4.33. The van der Waals surface area contributed by atoms with Crippen molar-refractivity contribution in [3.63, 3.8) is 0 Å². The van der Waals surface area contributed by atoms with Crippen molar-refractivity contribution in [1.82, 2.24) is 29.1 Å². The normalized spacial score (nSPS) is 19.2. The minimum Gasteiger partial charge on any atom is -0.365 e. The van der Waals surface area contributed by atoms with Crippen LogP contribution in [0.15, 0.2) is 23.4 Å². The van der Waals surface area contributed by atoms with Crippen molar-refractivity contribution in [2.24, 2.45) is 0 Å². The molecule has 28 heavy (non-hydrogen) atoms. The summed E-state index contributed by atoms with van der Waals surface area (Å²) in [5, 5.41) is 3.52. The van der Waals surface area contributed by atoms with Crippen molar-refractivity contribution < 1.29 is 0 Å². The van der Waals surface area contributed by atoms with Crippen LogP contribution in [0, 0.1) is 0 Å². The van der Waals surface area contributed by atoms with Crippen LogP contribution in [0.1, 0.15) is 56.5 Å². The largest absolute Gasteiger partial charge is 0.365 e. The van der Waals surface area contributed by atoms with Crippen molar-refractivity contribution in [2.75, 3.05) is 5.32 Å². The molecule has 0 spiro atoms. The number of nitrogens with zero attached hydrogens (tertiary/aromatic N) is 6. The summed E-state index contributed by atoms with van der Waals surface area (Å²) >= 11 is 0. The van der Waals surface area contributed by atoms with Crippen molar-refractivity contribution in [2.45, 2.75) is 70.5 Å². The van der Waals surface area contributed by atoms with Gasteiger partial charge in [0.1, 0.15) is 17.3 Å². The van der Waals surface area contributed by atoms with E-state index in [0.717, 1.165) is 48.1 Å². The Bertz CT molecular complexity index is 1000. The SMILES string of the molecule is CCCn1c2nc(C3CCCC3)nc-2c2n(c1=O)CC(Cc1cnccn1)N2. The van der Waals surface area contributed by atoms with Gasteiger partial charge in [0.15, 0.2) is 5.82 Å². The summed E-state index contributed by atoms with van der Waals surface area (Å²) in [7, 11) is 0. The van der Waals surface area contributed by atoms with E-state index < -0.39 is 0 Å². The third kappa shape index (κ3) is 2.87. The molecule has 1 N–H and O–H groups in total. The third-order valence-electron chi connectivity index (χ3n) is 5.85. The molecule has 1 atom stereocenters. The Morgan fingerprint density at radius 1 is 1.21 bits per heavy atom. The van der Waals surface area contributed by atoms with Crippen LogP contribution < -0.4 is 11.0 Å². The van der Waals surface area contributed by atoms with E-state index >= 15 is 0 Å². The summed E-state index contributed by atoms with van der Waals surface area (Å²) in [5.74, 6) is 2.87. The molecule has 146 valence electrons. The monoisotopic (exact) mass is 379 g/mol. The predicted molar refractivity (Wildman–Crippen MR) is 106 cm³/mol. The van der Waals surface area contributed by atoms with Gasteiger partial charge in [-0.15, -0.1) is 0 Å². The number of hydrogen-bond donors (Lipinski definition) is 1. The smallest absolute Gasteiger partial charge is 0.331 e. The van der Waals surface area contributed by atoms with E-state index in [1.54, 1.807) is 23.2 Å². The molecule has 0 radical (unpaired) electrons. The number of nitrogens with one attached hydrogen (secondary N) is 1. The van der Waals surface area contributed by atoms with E-state index in [2.05, 4.69) is 22.2 Å². The Hall–Kier alpha value is -2.77. The maximum Gasteiger partial charge on any atom is 0.331 e. The summed E-state index contributed by atoms with van der Waals surface area (Å²) in [6.45, 7) is 3.35. The molecule has 1 saturated carbocycles. The van der Waals surface area contributed by atoms with E-state index in [1.807, 2.05) is 4.57 Å².